The van der Waals surface area contributed by atoms with Crippen molar-refractivity contribution in [1.82, 2.24) is 5.32 Å². The van der Waals surface area contributed by atoms with Gasteiger partial charge in [-0.2, -0.15) is 0 Å². The normalized spacial score (nSPS) is 12.8. The second kappa shape index (κ2) is 7.79. The van der Waals surface area contributed by atoms with Crippen molar-refractivity contribution >= 4 is 20.0 Å². The summed E-state index contributed by atoms with van der Waals surface area (Å²) in [5.74, 6) is -1.40. The van der Waals surface area contributed by atoms with Crippen molar-refractivity contribution in [2.75, 3.05) is 0 Å². The summed E-state index contributed by atoms with van der Waals surface area (Å²) in [5.41, 5.74) is 3.03. The first-order valence-electron chi connectivity index (χ1n) is 7.84. The highest BCUT2D eigenvalue weighted by Gasteiger charge is 2.33. The number of benzene rings is 1. The number of rotatable bonds is 4. The Morgan fingerprint density at radius 2 is 1.84 bits per heavy atom. The minimum absolute atomic E-state index is 0.0353. The first kappa shape index (κ1) is 20.8. The van der Waals surface area contributed by atoms with E-state index in [1.807, 2.05) is 0 Å². The summed E-state index contributed by atoms with van der Waals surface area (Å²) in [4.78, 5) is 23.4. The highest BCUT2D eigenvalue weighted by molar-refractivity contribution is 6.87. The first-order chi connectivity index (χ1) is 11.3. The molecule has 0 spiro atoms. The molecule has 4 nitrogen and oxygen atoms in total. The van der Waals surface area contributed by atoms with Gasteiger partial charge in [0.1, 0.15) is 14.1 Å². The molecule has 0 radical (unpaired) electrons. The molecule has 0 aliphatic rings. The quantitative estimate of drug-likeness (QED) is 0.631. The van der Waals surface area contributed by atoms with Gasteiger partial charge in [0.25, 0.3) is 5.91 Å². The van der Waals surface area contributed by atoms with E-state index in [0.717, 1.165) is 18.2 Å². The molecule has 2 N–H and O–H groups in total. The number of hydrogen-bond donors (Lipinski definition) is 2. The van der Waals surface area contributed by atoms with Crippen LogP contribution in [0.5, 0.6) is 0 Å². The number of halogens is 2. The summed E-state index contributed by atoms with van der Waals surface area (Å²) >= 11 is 0. The van der Waals surface area contributed by atoms with E-state index in [-0.39, 0.29) is 17.0 Å². The molecule has 0 saturated heterocycles. The van der Waals surface area contributed by atoms with E-state index in [1.165, 1.54) is 0 Å². The van der Waals surface area contributed by atoms with Crippen molar-refractivity contribution in [3.8, 4) is 11.5 Å². The molecule has 0 saturated carbocycles. The molecular weight excluding hydrogens is 344 g/mol. The van der Waals surface area contributed by atoms with E-state index < -0.39 is 37.6 Å². The smallest absolute Gasteiger partial charge is 0.327 e. The lowest BCUT2D eigenvalue weighted by atomic mass is 10.1. The molecule has 1 aromatic rings. The van der Waals surface area contributed by atoms with E-state index >= 15 is 0 Å². The van der Waals surface area contributed by atoms with Crippen LogP contribution in [-0.2, 0) is 4.79 Å². The topological polar surface area (TPSA) is 66.4 Å². The summed E-state index contributed by atoms with van der Waals surface area (Å²) in [6.45, 7) is 10.5. The van der Waals surface area contributed by atoms with Crippen molar-refractivity contribution in [3.05, 3.63) is 35.4 Å². The summed E-state index contributed by atoms with van der Waals surface area (Å²) in [5, 5.41) is 11.6. The molecule has 7 heteroatoms. The second-order valence-corrected chi connectivity index (χ2v) is 12.4. The lowest BCUT2D eigenvalue weighted by Gasteiger charge is -2.31. The van der Waals surface area contributed by atoms with Gasteiger partial charge in [-0.3, -0.25) is 4.79 Å². The average molecular weight is 367 g/mol. The number of carbonyl (C=O) groups is 2. The molecule has 1 amide bonds. The third kappa shape index (κ3) is 5.68. The molecule has 25 heavy (non-hydrogen) atoms. The molecule has 0 heterocycles. The molecule has 1 aromatic carbocycles. The monoisotopic (exact) mass is 367 g/mol. The van der Waals surface area contributed by atoms with Crippen molar-refractivity contribution in [1.29, 1.82) is 0 Å². The highest BCUT2D eigenvalue weighted by Crippen LogP contribution is 2.35. The molecule has 0 unspecified atom stereocenters. The standard InChI is InChI=1S/C18H23F2NO3Si/c1-18(2,3)25(4,5)10-6-7-15(17(23)24)21-16(22)12-8-9-13(19)14(20)11-12/h8-9,11,15H,7H2,1-5H3,(H,21,22)(H,23,24)/t15-/m0/s1. The maximum absolute atomic E-state index is 13.2. The number of hydrogen-bond acceptors (Lipinski definition) is 2. The Bertz CT molecular complexity index is 730. The molecule has 0 fully saturated rings. The predicted molar refractivity (Wildman–Crippen MR) is 94.8 cm³/mol. The number of carbonyl (C=O) groups excluding carboxylic acids is 1. The van der Waals surface area contributed by atoms with E-state index in [2.05, 4.69) is 50.6 Å². The Kier molecular flexibility index (Phi) is 6.49. The average Bonchev–Trinajstić information content (AvgIpc) is 2.47. The second-order valence-electron chi connectivity index (χ2n) is 7.37. The number of carboxylic acid groups (broad SMARTS) is 1. The van der Waals surface area contributed by atoms with Gasteiger partial charge in [-0.1, -0.05) is 33.9 Å². The van der Waals surface area contributed by atoms with Gasteiger partial charge in [0.05, 0.1) is 0 Å². The zero-order valence-corrected chi connectivity index (χ0v) is 16.0. The van der Waals surface area contributed by atoms with E-state index in [0.29, 0.717) is 0 Å². The van der Waals surface area contributed by atoms with E-state index in [4.69, 9.17) is 0 Å². The lowest BCUT2D eigenvalue weighted by Crippen LogP contribution is -2.41. The minimum Gasteiger partial charge on any atom is -0.480 e. The maximum atomic E-state index is 13.2. The molecular formula is C18H23F2NO3Si. The lowest BCUT2D eigenvalue weighted by molar-refractivity contribution is -0.139. The van der Waals surface area contributed by atoms with Crippen LogP contribution in [0.1, 0.15) is 37.6 Å². The fraction of sp³-hybridized carbons (Fsp3) is 0.444. The van der Waals surface area contributed by atoms with Gasteiger partial charge in [-0.15, -0.1) is 11.5 Å². The Balaban J connectivity index is 2.87. The summed E-state index contributed by atoms with van der Waals surface area (Å²) < 4.78 is 26.1. The molecule has 1 rings (SSSR count). The van der Waals surface area contributed by atoms with Gasteiger partial charge in [-0.25, -0.2) is 13.6 Å². The van der Waals surface area contributed by atoms with Crippen LogP contribution < -0.4 is 5.32 Å². The zero-order valence-electron chi connectivity index (χ0n) is 15.0. The molecule has 136 valence electrons. The van der Waals surface area contributed by atoms with E-state index in [9.17, 15) is 23.5 Å². The van der Waals surface area contributed by atoms with Gasteiger partial charge in [0.2, 0.25) is 0 Å². The number of nitrogens with one attached hydrogen (secondary N) is 1. The zero-order chi connectivity index (χ0) is 19.4. The van der Waals surface area contributed by atoms with Crippen LogP contribution in [0.2, 0.25) is 18.1 Å². The third-order valence-electron chi connectivity index (χ3n) is 4.37. The Labute approximate surface area is 147 Å². The van der Waals surface area contributed by atoms with Gasteiger partial charge in [0.15, 0.2) is 11.6 Å². The molecule has 0 aliphatic carbocycles. The van der Waals surface area contributed by atoms with Gasteiger partial charge >= 0.3 is 5.97 Å². The van der Waals surface area contributed by atoms with Gasteiger partial charge < -0.3 is 10.4 Å². The fourth-order valence-electron chi connectivity index (χ4n) is 1.64. The van der Waals surface area contributed by atoms with Crippen LogP contribution >= 0.6 is 0 Å². The molecule has 0 aliphatic heterocycles. The molecule has 0 bridgehead atoms. The van der Waals surface area contributed by atoms with Gasteiger partial charge in [0, 0.05) is 12.0 Å². The Morgan fingerprint density at radius 3 is 2.32 bits per heavy atom. The van der Waals surface area contributed by atoms with Crippen molar-refractivity contribution in [3.63, 3.8) is 0 Å². The minimum atomic E-state index is -1.88. The van der Waals surface area contributed by atoms with Crippen molar-refractivity contribution in [2.24, 2.45) is 0 Å². The molecule has 0 aromatic heterocycles. The predicted octanol–water partition coefficient (Wildman–Crippen LogP) is 3.59. The summed E-state index contributed by atoms with van der Waals surface area (Å²) in [7, 11) is -1.88. The van der Waals surface area contributed by atoms with Crippen molar-refractivity contribution in [2.45, 2.75) is 51.4 Å². The van der Waals surface area contributed by atoms with Crippen LogP contribution in [0.25, 0.3) is 0 Å². The van der Waals surface area contributed by atoms with Crippen LogP contribution in [0, 0.1) is 23.1 Å². The largest absolute Gasteiger partial charge is 0.480 e. The maximum Gasteiger partial charge on any atom is 0.327 e. The third-order valence-corrected chi connectivity index (χ3v) is 8.92. The van der Waals surface area contributed by atoms with Crippen LogP contribution in [0.3, 0.4) is 0 Å². The number of amides is 1. The van der Waals surface area contributed by atoms with Gasteiger partial charge in [-0.05, 0) is 23.2 Å². The SMILES string of the molecule is CC(C)(C)[Si](C)(C)C#CC[C@H](NC(=O)c1ccc(F)c(F)c1)C(=O)O. The van der Waals surface area contributed by atoms with Crippen LogP contribution in [0.4, 0.5) is 8.78 Å². The van der Waals surface area contributed by atoms with Crippen molar-refractivity contribution < 1.29 is 23.5 Å². The highest BCUT2D eigenvalue weighted by atomic mass is 28.3. The fourth-order valence-corrected chi connectivity index (χ4v) is 2.56. The van der Waals surface area contributed by atoms with Crippen LogP contribution in [0.15, 0.2) is 18.2 Å². The summed E-state index contributed by atoms with van der Waals surface area (Å²) in [6, 6.07) is 1.41. The first-order valence-corrected chi connectivity index (χ1v) is 10.8. The summed E-state index contributed by atoms with van der Waals surface area (Å²) in [6.07, 6.45) is -0.0583. The molecule has 1 atom stereocenters. The Hall–Kier alpha value is -2.20. The van der Waals surface area contributed by atoms with Crippen LogP contribution in [-0.4, -0.2) is 31.1 Å². The number of carboxylic acids is 1. The Morgan fingerprint density at radius 1 is 1.24 bits per heavy atom. The number of aliphatic carboxylic acids is 1. The van der Waals surface area contributed by atoms with E-state index in [1.54, 1.807) is 0 Å².